The molecule has 4 heteroatoms. The van der Waals surface area contributed by atoms with Crippen LogP contribution in [0.4, 0.5) is 0 Å². The number of halogens is 1. The maximum Gasteiger partial charge on any atom is 0.169 e. The molecule has 0 fully saturated rings. The molecule has 2 heterocycles. The summed E-state index contributed by atoms with van der Waals surface area (Å²) < 4.78 is 2.97. The van der Waals surface area contributed by atoms with E-state index in [0.29, 0.717) is 0 Å². The van der Waals surface area contributed by atoms with E-state index in [-0.39, 0.29) is 0 Å². The third-order valence-electron chi connectivity index (χ3n) is 1.57. The summed E-state index contributed by atoms with van der Waals surface area (Å²) in [5, 5.41) is 0. The van der Waals surface area contributed by atoms with E-state index < -0.39 is 0 Å². The highest BCUT2D eigenvalue weighted by molar-refractivity contribution is 14.1. The smallest absolute Gasteiger partial charge is 0.169 e. The van der Waals surface area contributed by atoms with E-state index in [0.717, 1.165) is 15.0 Å². The number of aromatic nitrogens is 3. The number of rotatable bonds is 0. The molecule has 0 radical (unpaired) electrons. The second-order valence-electron chi connectivity index (χ2n) is 2.31. The molecule has 0 spiro atoms. The maximum absolute atomic E-state index is 4.18. The van der Waals surface area contributed by atoms with Crippen LogP contribution >= 0.6 is 22.6 Å². The van der Waals surface area contributed by atoms with E-state index in [1.807, 2.05) is 23.7 Å². The number of hydrogen-bond donors (Lipinski definition) is 0. The van der Waals surface area contributed by atoms with E-state index in [9.17, 15) is 0 Å². The summed E-state index contributed by atoms with van der Waals surface area (Å²) in [6.07, 6.45) is 5.57. The fraction of sp³-hybridized carbons (Fsp3) is 0.143. The molecule has 56 valence electrons. The molecule has 0 saturated carbocycles. The minimum atomic E-state index is 0.936. The van der Waals surface area contributed by atoms with Gasteiger partial charge in [-0.05, 0) is 29.5 Å². The first-order chi connectivity index (χ1) is 5.29. The standard InChI is InChI=1S/C7H6IN3/c1-5-4-10-6(8)7-9-2-3-11(5)7/h2-4H,1H3. The fourth-order valence-electron chi connectivity index (χ4n) is 1.01. The molecule has 2 rings (SSSR count). The summed E-state index contributed by atoms with van der Waals surface area (Å²) in [5.74, 6) is 0. The van der Waals surface area contributed by atoms with Gasteiger partial charge in [-0.1, -0.05) is 0 Å². The van der Waals surface area contributed by atoms with Crippen molar-refractivity contribution in [3.05, 3.63) is 28.0 Å². The molecule has 0 bridgehead atoms. The lowest BCUT2D eigenvalue weighted by Crippen LogP contribution is -1.94. The van der Waals surface area contributed by atoms with Crippen molar-refractivity contribution in [2.75, 3.05) is 0 Å². The second kappa shape index (κ2) is 2.44. The van der Waals surface area contributed by atoms with Crippen molar-refractivity contribution < 1.29 is 0 Å². The third kappa shape index (κ3) is 1.01. The van der Waals surface area contributed by atoms with Crippen LogP contribution in [-0.4, -0.2) is 14.4 Å². The van der Waals surface area contributed by atoms with Gasteiger partial charge >= 0.3 is 0 Å². The molecule has 3 nitrogen and oxygen atoms in total. The first-order valence-electron chi connectivity index (χ1n) is 3.23. The van der Waals surface area contributed by atoms with E-state index in [1.54, 1.807) is 6.20 Å². The molecular weight excluding hydrogens is 253 g/mol. The molecular formula is C7H6IN3. The van der Waals surface area contributed by atoms with Gasteiger partial charge in [-0.2, -0.15) is 0 Å². The van der Waals surface area contributed by atoms with Crippen molar-refractivity contribution >= 4 is 28.2 Å². The average molecular weight is 259 g/mol. The normalized spacial score (nSPS) is 10.7. The Morgan fingerprint density at radius 3 is 3.00 bits per heavy atom. The quantitative estimate of drug-likeness (QED) is 0.673. The Bertz CT molecular complexity index is 357. The highest BCUT2D eigenvalue weighted by atomic mass is 127. The maximum atomic E-state index is 4.18. The summed E-state index contributed by atoms with van der Waals surface area (Å²) >= 11 is 2.18. The predicted octanol–water partition coefficient (Wildman–Crippen LogP) is 1.64. The minimum Gasteiger partial charge on any atom is -0.301 e. The molecule has 0 aliphatic carbocycles. The molecule has 0 amide bonds. The predicted molar refractivity (Wildman–Crippen MR) is 50.4 cm³/mol. The van der Waals surface area contributed by atoms with Gasteiger partial charge in [-0.3, -0.25) is 0 Å². The zero-order chi connectivity index (χ0) is 7.84. The first kappa shape index (κ1) is 7.02. The van der Waals surface area contributed by atoms with Gasteiger partial charge in [0.1, 0.15) is 3.70 Å². The lowest BCUT2D eigenvalue weighted by Gasteiger charge is -1.98. The van der Waals surface area contributed by atoms with Gasteiger partial charge in [0.15, 0.2) is 5.65 Å². The van der Waals surface area contributed by atoms with Crippen LogP contribution < -0.4 is 0 Å². The van der Waals surface area contributed by atoms with Crippen molar-refractivity contribution in [1.29, 1.82) is 0 Å². The van der Waals surface area contributed by atoms with Crippen LogP contribution in [0, 0.1) is 10.6 Å². The molecule has 2 aromatic rings. The highest BCUT2D eigenvalue weighted by Gasteiger charge is 2.01. The fourth-order valence-corrected chi connectivity index (χ4v) is 1.55. The number of hydrogen-bond acceptors (Lipinski definition) is 2. The zero-order valence-corrected chi connectivity index (χ0v) is 8.11. The number of nitrogens with zero attached hydrogens (tertiary/aromatic N) is 3. The van der Waals surface area contributed by atoms with Crippen LogP contribution in [-0.2, 0) is 0 Å². The van der Waals surface area contributed by atoms with Crippen LogP contribution in [0.5, 0.6) is 0 Å². The Labute approximate surface area is 77.6 Å². The molecule has 2 aromatic heterocycles. The van der Waals surface area contributed by atoms with Gasteiger partial charge in [0.25, 0.3) is 0 Å². The van der Waals surface area contributed by atoms with E-state index in [2.05, 4.69) is 32.6 Å². The number of imidazole rings is 1. The van der Waals surface area contributed by atoms with Crippen molar-refractivity contribution in [2.24, 2.45) is 0 Å². The van der Waals surface area contributed by atoms with E-state index in [4.69, 9.17) is 0 Å². The SMILES string of the molecule is Cc1cnc(I)c2nccn12. The van der Waals surface area contributed by atoms with E-state index in [1.165, 1.54) is 0 Å². The topological polar surface area (TPSA) is 30.2 Å². The third-order valence-corrected chi connectivity index (χ3v) is 2.33. The van der Waals surface area contributed by atoms with Crippen LogP contribution in [0.1, 0.15) is 5.69 Å². The molecule has 0 unspecified atom stereocenters. The van der Waals surface area contributed by atoms with Crippen molar-refractivity contribution in [3.8, 4) is 0 Å². The lowest BCUT2D eigenvalue weighted by molar-refractivity contribution is 1.03. The van der Waals surface area contributed by atoms with Crippen molar-refractivity contribution in [1.82, 2.24) is 14.4 Å². The second-order valence-corrected chi connectivity index (χ2v) is 3.33. The Balaban J connectivity index is 2.96. The minimum absolute atomic E-state index is 0.936. The summed E-state index contributed by atoms with van der Waals surface area (Å²) in [7, 11) is 0. The van der Waals surface area contributed by atoms with Gasteiger partial charge in [0.2, 0.25) is 0 Å². The summed E-state index contributed by atoms with van der Waals surface area (Å²) in [5.41, 5.74) is 2.04. The zero-order valence-electron chi connectivity index (χ0n) is 5.95. The first-order valence-corrected chi connectivity index (χ1v) is 4.31. The van der Waals surface area contributed by atoms with Gasteiger partial charge in [0, 0.05) is 24.3 Å². The number of aryl methyl sites for hydroxylation is 1. The summed E-state index contributed by atoms with van der Waals surface area (Å²) in [6.45, 7) is 2.01. The Hall–Kier alpha value is -0.650. The highest BCUT2D eigenvalue weighted by Crippen LogP contribution is 2.09. The Morgan fingerprint density at radius 2 is 2.27 bits per heavy atom. The Kier molecular flexibility index (Phi) is 1.56. The molecule has 11 heavy (non-hydrogen) atoms. The molecule has 0 N–H and O–H groups in total. The van der Waals surface area contributed by atoms with Crippen LogP contribution in [0.25, 0.3) is 5.65 Å². The van der Waals surface area contributed by atoms with Crippen molar-refractivity contribution in [2.45, 2.75) is 6.92 Å². The lowest BCUT2D eigenvalue weighted by atomic mass is 10.5. The van der Waals surface area contributed by atoms with Crippen LogP contribution in [0.15, 0.2) is 18.6 Å². The monoisotopic (exact) mass is 259 g/mol. The molecule has 0 saturated heterocycles. The number of fused-ring (bicyclic) bond motifs is 1. The van der Waals surface area contributed by atoms with Gasteiger partial charge in [0.05, 0.1) is 0 Å². The molecule has 0 aliphatic heterocycles. The average Bonchev–Trinajstić information content (AvgIpc) is 2.45. The summed E-state index contributed by atoms with van der Waals surface area (Å²) in [6, 6.07) is 0. The van der Waals surface area contributed by atoms with Gasteiger partial charge in [-0.25, -0.2) is 9.97 Å². The molecule has 0 aromatic carbocycles. The molecule has 0 atom stereocenters. The van der Waals surface area contributed by atoms with Gasteiger partial charge < -0.3 is 4.40 Å². The summed E-state index contributed by atoms with van der Waals surface area (Å²) in [4.78, 5) is 8.35. The van der Waals surface area contributed by atoms with Crippen LogP contribution in [0.2, 0.25) is 0 Å². The van der Waals surface area contributed by atoms with Gasteiger partial charge in [-0.15, -0.1) is 0 Å². The van der Waals surface area contributed by atoms with Crippen molar-refractivity contribution in [3.63, 3.8) is 0 Å². The Morgan fingerprint density at radius 1 is 1.45 bits per heavy atom. The van der Waals surface area contributed by atoms with Crippen LogP contribution in [0.3, 0.4) is 0 Å². The van der Waals surface area contributed by atoms with E-state index >= 15 is 0 Å². The molecule has 0 aliphatic rings. The largest absolute Gasteiger partial charge is 0.301 e.